The minimum atomic E-state index is -0.696. The molecule has 0 saturated carbocycles. The van der Waals surface area contributed by atoms with Gasteiger partial charge in [0.25, 0.3) is 0 Å². The number of allylic oxidation sites excluding steroid dienone is 1. The Balaban J connectivity index is 1.95. The quantitative estimate of drug-likeness (QED) is 0.504. The first kappa shape index (κ1) is 23.0. The number of carbonyl (C=O) groups is 2. The zero-order chi connectivity index (χ0) is 22.4. The molecule has 2 N–H and O–H groups in total. The number of amides is 2. The topological polar surface area (TPSA) is 76.7 Å². The van der Waals surface area contributed by atoms with Crippen LogP contribution in [0.3, 0.4) is 0 Å². The molecule has 0 bridgehead atoms. The molecule has 0 aromatic heterocycles. The predicted octanol–water partition coefficient (Wildman–Crippen LogP) is 5.54. The second-order valence-electron chi connectivity index (χ2n) is 7.09. The number of methoxy groups -OCH3 is 1. The average molecular weight is 463 g/mol. The molecule has 31 heavy (non-hydrogen) atoms. The van der Waals surface area contributed by atoms with Gasteiger partial charge in [-0.1, -0.05) is 60.8 Å². The van der Waals surface area contributed by atoms with Crippen molar-refractivity contribution in [1.82, 2.24) is 10.6 Å². The summed E-state index contributed by atoms with van der Waals surface area (Å²) in [7, 11) is 1.33. The smallest absolute Gasteiger partial charge is 0.337 e. The van der Waals surface area contributed by atoms with Crippen LogP contribution in [0.25, 0.3) is 0 Å². The van der Waals surface area contributed by atoms with Crippen molar-refractivity contribution in [3.05, 3.63) is 74.9 Å². The Morgan fingerprint density at radius 1 is 1.13 bits per heavy atom. The van der Waals surface area contributed by atoms with Gasteiger partial charge in [-0.3, -0.25) is 0 Å². The molecule has 1 aliphatic rings. The van der Waals surface area contributed by atoms with Crippen LogP contribution in [0.4, 0.5) is 4.79 Å². The third-order valence-corrected chi connectivity index (χ3v) is 5.69. The molecule has 0 radical (unpaired) electrons. The Labute approximate surface area is 191 Å². The first-order valence-corrected chi connectivity index (χ1v) is 10.7. The maximum Gasteiger partial charge on any atom is 0.337 e. The average Bonchev–Trinajstić information content (AvgIpc) is 2.77. The number of benzene rings is 2. The van der Waals surface area contributed by atoms with Crippen LogP contribution < -0.4 is 15.4 Å². The summed E-state index contributed by atoms with van der Waals surface area (Å²) < 4.78 is 11.1. The minimum absolute atomic E-state index is 0.243. The third-order valence-electron chi connectivity index (χ3n) is 4.95. The molecule has 0 fully saturated rings. The van der Waals surface area contributed by atoms with E-state index in [4.69, 9.17) is 32.7 Å². The molecule has 164 valence electrons. The molecule has 0 aliphatic carbocycles. The van der Waals surface area contributed by atoms with Crippen LogP contribution in [0, 0.1) is 0 Å². The van der Waals surface area contributed by atoms with E-state index in [0.717, 1.165) is 18.4 Å². The molecule has 1 aliphatic heterocycles. The molecule has 8 heteroatoms. The van der Waals surface area contributed by atoms with Gasteiger partial charge >= 0.3 is 12.0 Å². The number of nitrogens with one attached hydrogen (secondary N) is 2. The van der Waals surface area contributed by atoms with Gasteiger partial charge in [0.1, 0.15) is 12.4 Å². The van der Waals surface area contributed by atoms with Crippen molar-refractivity contribution in [2.24, 2.45) is 0 Å². The molecule has 1 unspecified atom stereocenters. The number of hydrogen-bond donors (Lipinski definition) is 2. The van der Waals surface area contributed by atoms with Gasteiger partial charge < -0.3 is 20.1 Å². The van der Waals surface area contributed by atoms with Crippen LogP contribution in [-0.2, 0) is 16.1 Å². The second-order valence-corrected chi connectivity index (χ2v) is 7.91. The molecule has 2 amide bonds. The van der Waals surface area contributed by atoms with E-state index in [2.05, 4.69) is 10.6 Å². The van der Waals surface area contributed by atoms with Gasteiger partial charge in [0, 0.05) is 11.3 Å². The van der Waals surface area contributed by atoms with Crippen molar-refractivity contribution in [2.45, 2.75) is 38.8 Å². The van der Waals surface area contributed by atoms with Crippen molar-refractivity contribution in [3.63, 3.8) is 0 Å². The largest absolute Gasteiger partial charge is 0.489 e. The van der Waals surface area contributed by atoms with Crippen molar-refractivity contribution >= 4 is 35.2 Å². The predicted molar refractivity (Wildman–Crippen MR) is 120 cm³/mol. The van der Waals surface area contributed by atoms with E-state index in [1.807, 2.05) is 31.2 Å². The number of unbranched alkanes of at least 4 members (excludes halogenated alkanes) is 1. The zero-order valence-electron chi connectivity index (χ0n) is 17.3. The van der Waals surface area contributed by atoms with E-state index in [9.17, 15) is 9.59 Å². The van der Waals surface area contributed by atoms with Gasteiger partial charge in [-0.2, -0.15) is 0 Å². The Morgan fingerprint density at radius 2 is 1.90 bits per heavy atom. The standard InChI is InChI=1S/C23H24Cl2N2O4/c1-3-4-8-18-20(22(28)30-2)21(27-23(29)26-18)15-7-5-6-9-19(15)31-13-14-10-11-16(24)17(25)12-14/h5-7,9-12,21H,3-4,8,13H2,1-2H3,(H2,26,27,29). The fourth-order valence-corrected chi connectivity index (χ4v) is 3.71. The first-order chi connectivity index (χ1) is 14.9. The highest BCUT2D eigenvalue weighted by atomic mass is 35.5. The normalized spacial score (nSPS) is 15.9. The zero-order valence-corrected chi connectivity index (χ0v) is 18.8. The maximum absolute atomic E-state index is 12.7. The van der Waals surface area contributed by atoms with E-state index in [0.29, 0.717) is 39.0 Å². The molecule has 0 saturated heterocycles. The molecule has 3 rings (SSSR count). The Hall–Kier alpha value is -2.70. The number of rotatable bonds is 8. The molecule has 1 atom stereocenters. The van der Waals surface area contributed by atoms with Crippen LogP contribution in [0.2, 0.25) is 10.0 Å². The molecular formula is C23H24Cl2N2O4. The summed E-state index contributed by atoms with van der Waals surface area (Å²) in [5, 5.41) is 6.51. The minimum Gasteiger partial charge on any atom is -0.489 e. The highest BCUT2D eigenvalue weighted by molar-refractivity contribution is 6.42. The summed E-state index contributed by atoms with van der Waals surface area (Å²) in [6.07, 6.45) is 2.32. The number of carbonyl (C=O) groups excluding carboxylic acids is 2. The number of halogens is 2. The van der Waals surface area contributed by atoms with Gasteiger partial charge in [0.2, 0.25) is 0 Å². The maximum atomic E-state index is 12.7. The Morgan fingerprint density at radius 3 is 2.61 bits per heavy atom. The summed E-state index contributed by atoms with van der Waals surface area (Å²) in [4.78, 5) is 25.0. The van der Waals surface area contributed by atoms with Crippen molar-refractivity contribution < 1.29 is 19.1 Å². The molecule has 2 aromatic rings. The summed E-state index contributed by atoms with van der Waals surface area (Å²) >= 11 is 12.1. The fourth-order valence-electron chi connectivity index (χ4n) is 3.39. The van der Waals surface area contributed by atoms with E-state index < -0.39 is 12.0 Å². The summed E-state index contributed by atoms with van der Waals surface area (Å²) in [6.45, 7) is 2.29. The monoisotopic (exact) mass is 462 g/mol. The van der Waals surface area contributed by atoms with Gasteiger partial charge in [-0.05, 0) is 36.6 Å². The second kappa shape index (κ2) is 10.6. The number of ether oxygens (including phenoxy) is 2. The fraction of sp³-hybridized carbons (Fsp3) is 0.304. The van der Waals surface area contributed by atoms with Crippen molar-refractivity contribution in [1.29, 1.82) is 0 Å². The van der Waals surface area contributed by atoms with Crippen LogP contribution in [-0.4, -0.2) is 19.1 Å². The van der Waals surface area contributed by atoms with Crippen LogP contribution in [0.5, 0.6) is 5.75 Å². The van der Waals surface area contributed by atoms with Crippen LogP contribution in [0.1, 0.15) is 43.4 Å². The summed E-state index contributed by atoms with van der Waals surface area (Å²) in [5.41, 5.74) is 2.45. The lowest BCUT2D eigenvalue weighted by Crippen LogP contribution is -2.46. The highest BCUT2D eigenvalue weighted by Crippen LogP contribution is 2.35. The van der Waals surface area contributed by atoms with Crippen LogP contribution >= 0.6 is 23.2 Å². The highest BCUT2D eigenvalue weighted by Gasteiger charge is 2.34. The van der Waals surface area contributed by atoms with E-state index in [1.165, 1.54) is 7.11 Å². The van der Waals surface area contributed by atoms with Gasteiger partial charge in [0.15, 0.2) is 0 Å². The molecule has 1 heterocycles. The summed E-state index contributed by atoms with van der Waals surface area (Å²) in [6, 6.07) is 11.5. The Bertz CT molecular complexity index is 1010. The molecular weight excluding hydrogens is 439 g/mol. The summed E-state index contributed by atoms with van der Waals surface area (Å²) in [5.74, 6) is 0.0416. The first-order valence-electron chi connectivity index (χ1n) is 9.99. The lowest BCUT2D eigenvalue weighted by Gasteiger charge is -2.30. The molecule has 6 nitrogen and oxygen atoms in total. The Kier molecular flexibility index (Phi) is 7.82. The number of hydrogen-bond acceptors (Lipinski definition) is 4. The lowest BCUT2D eigenvalue weighted by molar-refractivity contribution is -0.136. The molecule has 0 spiro atoms. The van der Waals surface area contributed by atoms with Gasteiger partial charge in [0.05, 0.1) is 28.8 Å². The van der Waals surface area contributed by atoms with Crippen LogP contribution in [0.15, 0.2) is 53.7 Å². The van der Waals surface area contributed by atoms with Gasteiger partial charge in [-0.25, -0.2) is 9.59 Å². The van der Waals surface area contributed by atoms with E-state index in [1.54, 1.807) is 18.2 Å². The van der Waals surface area contributed by atoms with Crippen molar-refractivity contribution in [2.75, 3.05) is 7.11 Å². The number of urea groups is 1. The number of para-hydroxylation sites is 1. The lowest BCUT2D eigenvalue weighted by atomic mass is 9.93. The van der Waals surface area contributed by atoms with Crippen molar-refractivity contribution in [3.8, 4) is 5.75 Å². The number of esters is 1. The third kappa shape index (κ3) is 5.51. The van der Waals surface area contributed by atoms with Gasteiger partial charge in [-0.15, -0.1) is 0 Å². The molecule has 2 aromatic carbocycles. The van der Waals surface area contributed by atoms with E-state index >= 15 is 0 Å². The SMILES string of the molecule is CCCCC1=C(C(=O)OC)C(c2ccccc2OCc2ccc(Cl)c(Cl)c2)NC(=O)N1. The van der Waals surface area contributed by atoms with E-state index in [-0.39, 0.29) is 12.6 Å².